The van der Waals surface area contributed by atoms with Gasteiger partial charge in [0.05, 0.1) is 5.69 Å². The molecule has 19 heavy (non-hydrogen) atoms. The summed E-state index contributed by atoms with van der Waals surface area (Å²) >= 11 is 0. The summed E-state index contributed by atoms with van der Waals surface area (Å²) in [5.41, 5.74) is 1.14. The van der Waals surface area contributed by atoms with Crippen molar-refractivity contribution in [3.63, 3.8) is 0 Å². The number of anilines is 1. The number of benzene rings is 1. The number of amides is 3. The first kappa shape index (κ1) is 13.0. The molecule has 1 aliphatic rings. The summed E-state index contributed by atoms with van der Waals surface area (Å²) in [7, 11) is 0. The van der Waals surface area contributed by atoms with Crippen LogP contribution in [0.2, 0.25) is 0 Å². The highest BCUT2D eigenvalue weighted by Crippen LogP contribution is 2.28. The van der Waals surface area contributed by atoms with E-state index in [0.717, 1.165) is 10.0 Å². The number of imide groups is 1. The second-order valence-corrected chi connectivity index (χ2v) is 4.46. The lowest BCUT2D eigenvalue weighted by Crippen LogP contribution is -2.44. The van der Waals surface area contributed by atoms with Crippen LogP contribution in [0.5, 0.6) is 0 Å². The van der Waals surface area contributed by atoms with Crippen molar-refractivity contribution in [2.45, 2.75) is 20.8 Å². The van der Waals surface area contributed by atoms with E-state index in [0.29, 0.717) is 11.3 Å². The van der Waals surface area contributed by atoms with Crippen LogP contribution in [-0.4, -0.2) is 22.7 Å². The van der Waals surface area contributed by atoms with Gasteiger partial charge >= 0.3 is 0 Å². The van der Waals surface area contributed by atoms with Gasteiger partial charge in [-0.1, -0.05) is 23.8 Å². The average molecular weight is 258 g/mol. The van der Waals surface area contributed by atoms with Crippen molar-refractivity contribution >= 4 is 23.4 Å². The van der Waals surface area contributed by atoms with E-state index in [1.807, 2.05) is 0 Å². The van der Waals surface area contributed by atoms with Crippen molar-refractivity contribution in [3.05, 3.63) is 41.5 Å². The van der Waals surface area contributed by atoms with E-state index in [2.05, 4.69) is 0 Å². The molecule has 1 heterocycles. The predicted molar refractivity (Wildman–Crippen MR) is 69.8 cm³/mol. The van der Waals surface area contributed by atoms with Gasteiger partial charge in [-0.3, -0.25) is 14.4 Å². The number of hydrogen-bond donors (Lipinski definition) is 0. The smallest absolute Gasteiger partial charge is 0.273 e. The molecule has 0 aliphatic carbocycles. The topological polar surface area (TPSA) is 57.7 Å². The molecule has 0 aromatic heterocycles. The molecule has 5 heteroatoms. The monoisotopic (exact) mass is 258 g/mol. The molecule has 0 saturated carbocycles. The summed E-state index contributed by atoms with van der Waals surface area (Å²) in [6.07, 6.45) is 0. The molecule has 3 amide bonds. The third kappa shape index (κ3) is 2.03. The Bertz CT molecular complexity index is 586. The summed E-state index contributed by atoms with van der Waals surface area (Å²) in [5.74, 6) is -1.52. The van der Waals surface area contributed by atoms with Gasteiger partial charge in [-0.25, -0.2) is 5.01 Å². The van der Waals surface area contributed by atoms with Crippen molar-refractivity contribution in [2.75, 3.05) is 5.01 Å². The molecular weight excluding hydrogens is 244 g/mol. The molecule has 0 spiro atoms. The minimum atomic E-state index is -0.568. The minimum Gasteiger partial charge on any atom is -0.273 e. The van der Waals surface area contributed by atoms with Gasteiger partial charge in [-0.2, -0.15) is 5.01 Å². The average Bonchev–Trinajstić information content (AvgIpc) is 2.61. The third-order valence-electron chi connectivity index (χ3n) is 2.81. The van der Waals surface area contributed by atoms with Crippen LogP contribution in [0.25, 0.3) is 0 Å². The Kier molecular flexibility index (Phi) is 3.21. The summed E-state index contributed by atoms with van der Waals surface area (Å²) in [5, 5.41) is 1.99. The molecule has 98 valence electrons. The molecule has 2 rings (SSSR count). The Morgan fingerprint density at radius 3 is 2.00 bits per heavy atom. The highest BCUT2D eigenvalue weighted by molar-refractivity contribution is 6.33. The Morgan fingerprint density at radius 2 is 1.53 bits per heavy atom. The number of allylic oxidation sites excluding steroid dienone is 1. The lowest BCUT2D eigenvalue weighted by atomic mass is 10.1. The zero-order valence-corrected chi connectivity index (χ0v) is 11.0. The zero-order chi connectivity index (χ0) is 14.2. The van der Waals surface area contributed by atoms with Crippen LogP contribution in [0, 0.1) is 0 Å². The first-order chi connectivity index (χ1) is 8.95. The molecule has 0 N–H and O–H groups in total. The van der Waals surface area contributed by atoms with Crippen LogP contribution < -0.4 is 5.01 Å². The molecule has 0 radical (unpaired) electrons. The van der Waals surface area contributed by atoms with Crippen molar-refractivity contribution < 1.29 is 14.4 Å². The molecule has 1 aromatic carbocycles. The molecule has 1 aliphatic heterocycles. The second-order valence-electron chi connectivity index (χ2n) is 4.46. The van der Waals surface area contributed by atoms with E-state index < -0.39 is 17.7 Å². The first-order valence-electron chi connectivity index (χ1n) is 5.87. The van der Waals surface area contributed by atoms with Gasteiger partial charge in [0.2, 0.25) is 5.91 Å². The maximum atomic E-state index is 12.3. The van der Waals surface area contributed by atoms with Gasteiger partial charge in [-0.15, -0.1) is 0 Å². The molecule has 0 atom stereocenters. The molecule has 1 aromatic rings. The fraction of sp³-hybridized carbons (Fsp3) is 0.214. The Hall–Kier alpha value is -2.43. The maximum Gasteiger partial charge on any atom is 0.285 e. The summed E-state index contributed by atoms with van der Waals surface area (Å²) in [6.45, 7) is 4.62. The van der Waals surface area contributed by atoms with Crippen molar-refractivity contribution in [2.24, 2.45) is 0 Å². The van der Waals surface area contributed by atoms with E-state index in [4.69, 9.17) is 0 Å². The van der Waals surface area contributed by atoms with Crippen molar-refractivity contribution in [1.29, 1.82) is 0 Å². The number of hydrogen-bond acceptors (Lipinski definition) is 3. The zero-order valence-electron chi connectivity index (χ0n) is 11.0. The third-order valence-corrected chi connectivity index (χ3v) is 2.81. The van der Waals surface area contributed by atoms with Gasteiger partial charge in [0.15, 0.2) is 0 Å². The SMILES string of the molecule is CC(=O)N1C(=O)C(=C(C)C)C(=O)N1c1ccccc1. The predicted octanol–water partition coefficient (Wildman–Crippen LogP) is 1.66. The Balaban J connectivity index is 2.59. The summed E-state index contributed by atoms with van der Waals surface area (Å²) in [6, 6.07) is 8.63. The minimum absolute atomic E-state index is 0.0547. The van der Waals surface area contributed by atoms with Crippen molar-refractivity contribution in [1.82, 2.24) is 5.01 Å². The van der Waals surface area contributed by atoms with E-state index in [1.165, 1.54) is 6.92 Å². The number of carbonyl (C=O) groups is 3. The fourth-order valence-corrected chi connectivity index (χ4v) is 2.00. The van der Waals surface area contributed by atoms with Gasteiger partial charge in [-0.05, 0) is 26.0 Å². The van der Waals surface area contributed by atoms with Crippen LogP contribution in [0.3, 0.4) is 0 Å². The number of hydrazine groups is 1. The summed E-state index contributed by atoms with van der Waals surface area (Å²) < 4.78 is 0. The number of para-hydroxylation sites is 1. The molecule has 1 fully saturated rings. The quantitative estimate of drug-likeness (QED) is 0.568. The van der Waals surface area contributed by atoms with E-state index >= 15 is 0 Å². The van der Waals surface area contributed by atoms with Gasteiger partial charge in [0, 0.05) is 6.92 Å². The number of carbonyl (C=O) groups excluding carboxylic acids is 3. The number of nitrogens with zero attached hydrogens (tertiary/aromatic N) is 2. The largest absolute Gasteiger partial charge is 0.285 e. The molecule has 1 saturated heterocycles. The highest BCUT2D eigenvalue weighted by Gasteiger charge is 2.44. The lowest BCUT2D eigenvalue weighted by Gasteiger charge is -2.24. The molecule has 0 bridgehead atoms. The normalized spacial score (nSPS) is 15.2. The Morgan fingerprint density at radius 1 is 0.947 bits per heavy atom. The van der Waals surface area contributed by atoms with Crippen LogP contribution in [0.15, 0.2) is 41.5 Å². The first-order valence-corrected chi connectivity index (χ1v) is 5.87. The van der Waals surface area contributed by atoms with Crippen LogP contribution in [0.1, 0.15) is 20.8 Å². The van der Waals surface area contributed by atoms with Gasteiger partial charge in [0.1, 0.15) is 5.57 Å². The standard InChI is InChI=1S/C14H14N2O3/c1-9(2)12-13(18)15(10(3)17)16(14(12)19)11-7-5-4-6-8-11/h4-8H,1-3H3. The highest BCUT2D eigenvalue weighted by atomic mass is 16.2. The van der Waals surface area contributed by atoms with E-state index in [-0.39, 0.29) is 5.57 Å². The number of rotatable bonds is 1. The summed E-state index contributed by atoms with van der Waals surface area (Å²) in [4.78, 5) is 36.1. The Labute approximate surface area is 111 Å². The van der Waals surface area contributed by atoms with E-state index in [9.17, 15) is 14.4 Å². The molecule has 5 nitrogen and oxygen atoms in total. The fourth-order valence-electron chi connectivity index (χ4n) is 2.00. The van der Waals surface area contributed by atoms with Gasteiger partial charge < -0.3 is 0 Å². The van der Waals surface area contributed by atoms with Gasteiger partial charge in [0.25, 0.3) is 11.8 Å². The maximum absolute atomic E-state index is 12.3. The lowest BCUT2D eigenvalue weighted by molar-refractivity contribution is -0.140. The van der Waals surface area contributed by atoms with Crippen LogP contribution in [0.4, 0.5) is 5.69 Å². The molecule has 0 unspecified atom stereocenters. The van der Waals surface area contributed by atoms with Crippen LogP contribution >= 0.6 is 0 Å². The second kappa shape index (κ2) is 4.68. The van der Waals surface area contributed by atoms with Crippen LogP contribution in [-0.2, 0) is 14.4 Å². The van der Waals surface area contributed by atoms with E-state index in [1.54, 1.807) is 44.2 Å². The van der Waals surface area contributed by atoms with Crippen molar-refractivity contribution in [3.8, 4) is 0 Å². The molecular formula is C14H14N2O3.